The zero-order valence-electron chi connectivity index (χ0n) is 38.5. The fraction of sp³-hybridized carbons (Fsp3) is 0.725. The molecule has 0 bridgehead atoms. The second-order valence-electron chi connectivity index (χ2n) is 21.5. The summed E-state index contributed by atoms with van der Waals surface area (Å²) >= 11 is 1.87. The number of ketones is 1. The van der Waals surface area contributed by atoms with E-state index in [1.54, 1.807) is 0 Å². The van der Waals surface area contributed by atoms with Crippen molar-refractivity contribution in [1.29, 1.82) is 0 Å². The Labute approximate surface area is 361 Å². The molecule has 0 aliphatic heterocycles. The standard InChI is InChI=1S/C51H77NO6S/c1-34(2)14-12-15-35(3)16-13-17-36(4)22-30-59-31-29-52-45(57)48(8)26-25-47(7)27-28-50(10)37(38(47)33-48)32-39(53)44-49(9)23-21-41(58-43(56)19-18-42(54)55)46(5,6)40(49)20-24-51(44,50)11/h14,16,18-19,22,32,38,40-41,44H,12-13,15,17,20-21,23-31,33H2,1-11H3,(H,52,57)(H,54,55)/b19-18-,35-16?,36-22?/t38-,40+,41-,44?,47+,48?,49-,50+,51+/m0/s1. The molecule has 0 aromatic carbocycles. The van der Waals surface area contributed by atoms with E-state index < -0.39 is 17.4 Å². The molecular weight excluding hydrogens is 755 g/mol. The van der Waals surface area contributed by atoms with Crippen LogP contribution < -0.4 is 5.32 Å². The van der Waals surface area contributed by atoms with Crippen LogP contribution in [0.15, 0.2) is 58.7 Å². The molecule has 5 rings (SSSR count). The van der Waals surface area contributed by atoms with E-state index in [4.69, 9.17) is 9.84 Å². The number of carboxylic acids is 1. The number of aliphatic carboxylic acids is 1. The van der Waals surface area contributed by atoms with Crippen LogP contribution in [0.1, 0.15) is 160 Å². The second kappa shape index (κ2) is 18.2. The topological polar surface area (TPSA) is 110 Å². The van der Waals surface area contributed by atoms with Crippen molar-refractivity contribution in [3.63, 3.8) is 0 Å². The molecule has 0 aromatic rings. The van der Waals surface area contributed by atoms with Gasteiger partial charge >= 0.3 is 11.9 Å². The van der Waals surface area contributed by atoms with Gasteiger partial charge in [-0.15, -0.1) is 0 Å². The number of amides is 1. The lowest BCUT2D eigenvalue weighted by atomic mass is 9.33. The molecule has 59 heavy (non-hydrogen) atoms. The molecule has 0 saturated heterocycles. The normalized spacial score (nSPS) is 36.7. The van der Waals surface area contributed by atoms with Crippen molar-refractivity contribution in [2.75, 3.05) is 18.1 Å². The van der Waals surface area contributed by atoms with Crippen LogP contribution in [0.3, 0.4) is 0 Å². The van der Waals surface area contributed by atoms with Gasteiger partial charge in [-0.05, 0) is 151 Å². The number of allylic oxidation sites excluding steroid dienone is 7. The third-order valence-electron chi connectivity index (χ3n) is 16.9. The molecule has 8 heteroatoms. The second-order valence-corrected chi connectivity index (χ2v) is 22.7. The molecule has 2 N–H and O–H groups in total. The number of esters is 1. The summed E-state index contributed by atoms with van der Waals surface area (Å²) in [5.74, 6) is 0.634. The fourth-order valence-corrected chi connectivity index (χ4v) is 13.8. The van der Waals surface area contributed by atoms with Crippen molar-refractivity contribution < 1.29 is 29.0 Å². The summed E-state index contributed by atoms with van der Waals surface area (Å²) in [5.41, 5.74) is 4.12. The van der Waals surface area contributed by atoms with E-state index in [1.807, 2.05) is 11.8 Å². The number of rotatable bonds is 15. The van der Waals surface area contributed by atoms with Crippen molar-refractivity contribution in [2.24, 2.45) is 50.2 Å². The maximum absolute atomic E-state index is 14.9. The molecule has 5 aliphatic carbocycles. The number of thioether (sulfide) groups is 1. The molecule has 4 fully saturated rings. The van der Waals surface area contributed by atoms with Gasteiger partial charge in [0.05, 0.1) is 0 Å². The van der Waals surface area contributed by atoms with Gasteiger partial charge in [0.2, 0.25) is 5.91 Å². The molecule has 328 valence electrons. The van der Waals surface area contributed by atoms with Gasteiger partial charge < -0.3 is 15.2 Å². The van der Waals surface area contributed by atoms with Crippen LogP contribution in [0.2, 0.25) is 0 Å². The van der Waals surface area contributed by atoms with Gasteiger partial charge in [-0.3, -0.25) is 9.59 Å². The molecule has 5 aliphatic rings. The smallest absolute Gasteiger partial charge is 0.331 e. The largest absolute Gasteiger partial charge is 0.478 e. The summed E-state index contributed by atoms with van der Waals surface area (Å²) in [6, 6.07) is 0. The molecule has 7 nitrogen and oxygen atoms in total. The molecule has 4 saturated carbocycles. The molecule has 0 heterocycles. The summed E-state index contributed by atoms with van der Waals surface area (Å²) in [6.07, 6.45) is 23.0. The van der Waals surface area contributed by atoms with Gasteiger partial charge in [0.1, 0.15) is 6.10 Å². The Hall–Kier alpha value is -2.87. The van der Waals surface area contributed by atoms with Crippen molar-refractivity contribution in [3.8, 4) is 0 Å². The SMILES string of the molecule is CC(C)=CCCC(C)=CCCC(C)=CCSCCNC(=O)C1(C)CC[C@]2(C)CC[C@]3(C)C(=CC(=O)C4[C@@]5(C)CC[C@H](OC(=O)/C=C\C(=O)O)C(C)(C)[C@H]5CC[C@]43C)[C@@H]2C1. The van der Waals surface area contributed by atoms with Crippen LogP contribution in [0.4, 0.5) is 0 Å². The molecule has 0 radical (unpaired) electrons. The number of carbonyl (C=O) groups excluding carboxylic acids is 3. The average molecular weight is 832 g/mol. The van der Waals surface area contributed by atoms with Crippen molar-refractivity contribution in [1.82, 2.24) is 5.32 Å². The van der Waals surface area contributed by atoms with E-state index in [2.05, 4.69) is 106 Å². The maximum Gasteiger partial charge on any atom is 0.331 e. The quantitative estimate of drug-likeness (QED) is 0.0732. The lowest BCUT2D eigenvalue weighted by molar-refractivity contribution is -0.209. The fourth-order valence-electron chi connectivity index (χ4n) is 13.0. The molecule has 0 spiro atoms. The minimum absolute atomic E-state index is 0.0643. The molecule has 9 atom stereocenters. The van der Waals surface area contributed by atoms with Gasteiger partial charge in [-0.1, -0.05) is 89.0 Å². The first-order valence-electron chi connectivity index (χ1n) is 22.7. The highest BCUT2D eigenvalue weighted by Gasteiger charge is 2.70. The summed E-state index contributed by atoms with van der Waals surface area (Å²) in [5, 5.41) is 12.3. The summed E-state index contributed by atoms with van der Waals surface area (Å²) in [6.45, 7) is 25.5. The number of carboxylic acid groups (broad SMARTS) is 1. The number of carbonyl (C=O) groups is 4. The van der Waals surface area contributed by atoms with E-state index in [-0.39, 0.29) is 62.6 Å². The number of hydrogen-bond donors (Lipinski definition) is 2. The minimum atomic E-state index is -1.18. The Morgan fingerprint density at radius 2 is 1.51 bits per heavy atom. The first kappa shape index (κ1) is 47.2. The van der Waals surface area contributed by atoms with E-state index in [1.165, 1.54) is 22.3 Å². The zero-order chi connectivity index (χ0) is 43.6. The van der Waals surface area contributed by atoms with Gasteiger partial charge in [0.15, 0.2) is 5.78 Å². The number of fused-ring (bicyclic) bond motifs is 7. The highest BCUT2D eigenvalue weighted by atomic mass is 32.2. The summed E-state index contributed by atoms with van der Waals surface area (Å²) in [7, 11) is 0. The van der Waals surface area contributed by atoms with E-state index >= 15 is 0 Å². The Bertz CT molecular complexity index is 1780. The van der Waals surface area contributed by atoms with E-state index in [9.17, 15) is 19.2 Å². The van der Waals surface area contributed by atoms with Crippen molar-refractivity contribution in [2.45, 2.75) is 166 Å². The minimum Gasteiger partial charge on any atom is -0.478 e. The Morgan fingerprint density at radius 3 is 2.19 bits per heavy atom. The van der Waals surface area contributed by atoms with Crippen molar-refractivity contribution >= 4 is 35.4 Å². The van der Waals surface area contributed by atoms with Crippen LogP contribution in [0, 0.1) is 50.2 Å². The highest BCUT2D eigenvalue weighted by molar-refractivity contribution is 7.99. The molecule has 2 unspecified atom stereocenters. The first-order valence-corrected chi connectivity index (χ1v) is 23.9. The Balaban J connectivity index is 1.22. The van der Waals surface area contributed by atoms with Crippen LogP contribution >= 0.6 is 11.8 Å². The summed E-state index contributed by atoms with van der Waals surface area (Å²) < 4.78 is 5.91. The van der Waals surface area contributed by atoms with Crippen LogP contribution in [-0.4, -0.2) is 52.9 Å². The average Bonchev–Trinajstić information content (AvgIpc) is 3.14. The number of ether oxygens (including phenoxy) is 1. The van der Waals surface area contributed by atoms with Gasteiger partial charge in [-0.25, -0.2) is 9.59 Å². The predicted molar refractivity (Wildman–Crippen MR) is 242 cm³/mol. The van der Waals surface area contributed by atoms with Gasteiger partial charge in [-0.2, -0.15) is 11.8 Å². The highest BCUT2D eigenvalue weighted by Crippen LogP contribution is 2.75. The monoisotopic (exact) mass is 832 g/mol. The Morgan fingerprint density at radius 1 is 0.847 bits per heavy atom. The third-order valence-corrected chi connectivity index (χ3v) is 17.8. The van der Waals surface area contributed by atoms with Crippen LogP contribution in [0.5, 0.6) is 0 Å². The molecular formula is C51H77NO6S. The van der Waals surface area contributed by atoms with E-state index in [0.717, 1.165) is 101 Å². The van der Waals surface area contributed by atoms with E-state index in [0.29, 0.717) is 13.0 Å². The number of nitrogens with one attached hydrogen (secondary N) is 1. The van der Waals surface area contributed by atoms with Crippen molar-refractivity contribution in [3.05, 3.63) is 58.7 Å². The van der Waals surface area contributed by atoms with Crippen LogP contribution in [0.25, 0.3) is 0 Å². The summed E-state index contributed by atoms with van der Waals surface area (Å²) in [4.78, 5) is 52.5. The maximum atomic E-state index is 14.9. The third kappa shape index (κ3) is 9.63. The number of hydrogen-bond acceptors (Lipinski definition) is 6. The Kier molecular flexibility index (Phi) is 14.6. The molecule has 1 amide bonds. The first-order chi connectivity index (χ1) is 27.5. The van der Waals surface area contributed by atoms with Gasteiger partial charge in [0.25, 0.3) is 0 Å². The van der Waals surface area contributed by atoms with Crippen LogP contribution in [-0.2, 0) is 23.9 Å². The lowest BCUT2D eigenvalue weighted by Crippen LogP contribution is -2.66. The van der Waals surface area contributed by atoms with Gasteiger partial charge in [0, 0.05) is 47.0 Å². The zero-order valence-corrected chi connectivity index (χ0v) is 39.3. The predicted octanol–water partition coefficient (Wildman–Crippen LogP) is 11.8. The molecule has 0 aromatic heterocycles. The lowest BCUT2D eigenvalue weighted by Gasteiger charge is -2.70.